The molecule has 0 aliphatic carbocycles. The fourth-order valence-electron chi connectivity index (χ4n) is 3.01. The third-order valence-electron chi connectivity index (χ3n) is 4.57. The van der Waals surface area contributed by atoms with Gasteiger partial charge in [-0.05, 0) is 36.4 Å². The lowest BCUT2D eigenvalue weighted by Crippen LogP contribution is -2.11. The van der Waals surface area contributed by atoms with Gasteiger partial charge in [0.15, 0.2) is 11.5 Å². The first kappa shape index (κ1) is 20.4. The number of rotatable bonds is 8. The maximum Gasteiger partial charge on any atom is 0.257 e. The maximum atomic E-state index is 12.3. The SMILES string of the molecule is COc1ccc(NCc2cccn2-c2nnc(NC(=O)c3ccccc3)s2)cc1OC. The molecule has 0 atom stereocenters. The molecule has 0 fully saturated rings. The smallest absolute Gasteiger partial charge is 0.257 e. The summed E-state index contributed by atoms with van der Waals surface area (Å²) in [6.45, 7) is 0.563. The fraction of sp³-hybridized carbons (Fsp3) is 0.136. The quantitative estimate of drug-likeness (QED) is 0.431. The lowest BCUT2D eigenvalue weighted by molar-refractivity contribution is 0.102. The Hall–Kier alpha value is -3.85. The highest BCUT2D eigenvalue weighted by molar-refractivity contribution is 7.17. The van der Waals surface area contributed by atoms with Crippen molar-refractivity contribution >= 4 is 28.1 Å². The van der Waals surface area contributed by atoms with E-state index in [0.717, 1.165) is 11.4 Å². The Morgan fingerprint density at radius 2 is 1.81 bits per heavy atom. The number of anilines is 2. The lowest BCUT2D eigenvalue weighted by Gasteiger charge is -2.12. The first-order chi connectivity index (χ1) is 15.2. The van der Waals surface area contributed by atoms with Crippen LogP contribution in [0.1, 0.15) is 16.1 Å². The van der Waals surface area contributed by atoms with Gasteiger partial charge >= 0.3 is 0 Å². The van der Waals surface area contributed by atoms with Gasteiger partial charge in [0, 0.05) is 29.2 Å². The highest BCUT2D eigenvalue weighted by Gasteiger charge is 2.13. The van der Waals surface area contributed by atoms with Crippen LogP contribution in [0, 0.1) is 0 Å². The lowest BCUT2D eigenvalue weighted by atomic mass is 10.2. The fourth-order valence-corrected chi connectivity index (χ4v) is 3.76. The molecule has 9 heteroatoms. The Balaban J connectivity index is 1.45. The summed E-state index contributed by atoms with van der Waals surface area (Å²) in [7, 11) is 3.22. The summed E-state index contributed by atoms with van der Waals surface area (Å²) in [5.41, 5.74) is 2.46. The molecule has 31 heavy (non-hydrogen) atoms. The van der Waals surface area contributed by atoms with E-state index >= 15 is 0 Å². The first-order valence-electron chi connectivity index (χ1n) is 9.50. The first-order valence-corrected chi connectivity index (χ1v) is 10.3. The summed E-state index contributed by atoms with van der Waals surface area (Å²) in [6.07, 6.45) is 1.91. The van der Waals surface area contributed by atoms with Gasteiger partial charge in [0.1, 0.15) is 0 Å². The molecule has 2 heterocycles. The van der Waals surface area contributed by atoms with Crippen molar-refractivity contribution in [1.82, 2.24) is 14.8 Å². The molecule has 0 aliphatic heterocycles. The molecule has 0 saturated heterocycles. The zero-order valence-corrected chi connectivity index (χ0v) is 17.8. The number of hydrogen-bond donors (Lipinski definition) is 2. The second-order valence-corrected chi connectivity index (χ2v) is 7.46. The van der Waals surface area contributed by atoms with Crippen LogP contribution in [0.5, 0.6) is 11.5 Å². The molecule has 0 radical (unpaired) electrons. The molecule has 158 valence electrons. The molecular weight excluding hydrogens is 414 g/mol. The van der Waals surface area contributed by atoms with Gasteiger partial charge in [0.25, 0.3) is 5.91 Å². The van der Waals surface area contributed by atoms with Crippen molar-refractivity contribution in [2.24, 2.45) is 0 Å². The Kier molecular flexibility index (Phi) is 6.13. The molecule has 2 N–H and O–H groups in total. The zero-order chi connectivity index (χ0) is 21.6. The Morgan fingerprint density at radius 3 is 2.58 bits per heavy atom. The zero-order valence-electron chi connectivity index (χ0n) is 17.0. The number of ether oxygens (including phenoxy) is 2. The molecule has 0 unspecified atom stereocenters. The Labute approximate surface area is 183 Å². The van der Waals surface area contributed by atoms with E-state index in [1.807, 2.05) is 59.3 Å². The number of carbonyl (C=O) groups excluding carboxylic acids is 1. The van der Waals surface area contributed by atoms with Gasteiger partial charge in [0.05, 0.1) is 20.8 Å². The molecule has 1 amide bonds. The molecule has 2 aromatic carbocycles. The summed E-state index contributed by atoms with van der Waals surface area (Å²) in [4.78, 5) is 12.3. The number of amides is 1. The minimum Gasteiger partial charge on any atom is -0.493 e. The van der Waals surface area contributed by atoms with Gasteiger partial charge in [0.2, 0.25) is 10.3 Å². The monoisotopic (exact) mass is 435 g/mol. The molecule has 2 aromatic heterocycles. The average Bonchev–Trinajstić information content (AvgIpc) is 3.47. The number of carbonyl (C=O) groups is 1. The highest BCUT2D eigenvalue weighted by Crippen LogP contribution is 2.30. The molecule has 0 bridgehead atoms. The number of aromatic nitrogens is 3. The van der Waals surface area contributed by atoms with Crippen LogP contribution in [0.3, 0.4) is 0 Å². The van der Waals surface area contributed by atoms with Crippen LogP contribution >= 0.6 is 11.3 Å². The third-order valence-corrected chi connectivity index (χ3v) is 5.41. The van der Waals surface area contributed by atoms with E-state index in [2.05, 4.69) is 20.8 Å². The molecule has 4 aromatic rings. The molecule has 8 nitrogen and oxygen atoms in total. The minimum atomic E-state index is -0.217. The Bertz CT molecular complexity index is 1170. The van der Waals surface area contributed by atoms with Crippen LogP contribution in [-0.4, -0.2) is 34.9 Å². The molecular formula is C22H21N5O3S. The molecule has 4 rings (SSSR count). The van der Waals surface area contributed by atoms with Crippen LogP contribution in [0.25, 0.3) is 5.13 Å². The minimum absolute atomic E-state index is 0.217. The van der Waals surface area contributed by atoms with E-state index in [9.17, 15) is 4.79 Å². The Morgan fingerprint density at radius 1 is 1.00 bits per heavy atom. The second-order valence-electron chi connectivity index (χ2n) is 6.50. The second kappa shape index (κ2) is 9.31. The van der Waals surface area contributed by atoms with Crippen molar-refractivity contribution in [3.8, 4) is 16.6 Å². The predicted octanol–water partition coefficient (Wildman–Crippen LogP) is 4.21. The van der Waals surface area contributed by atoms with Gasteiger partial charge in [-0.2, -0.15) is 0 Å². The molecule has 0 spiro atoms. The van der Waals surface area contributed by atoms with Gasteiger partial charge < -0.3 is 14.8 Å². The average molecular weight is 436 g/mol. The van der Waals surface area contributed by atoms with Crippen LogP contribution in [0.4, 0.5) is 10.8 Å². The summed E-state index contributed by atoms with van der Waals surface area (Å²) in [5, 5.41) is 15.6. The number of hydrogen-bond acceptors (Lipinski definition) is 7. The van der Waals surface area contributed by atoms with Crippen molar-refractivity contribution in [3.63, 3.8) is 0 Å². The van der Waals surface area contributed by atoms with Gasteiger partial charge in [-0.1, -0.05) is 29.5 Å². The standard InChI is InChI=1S/C22H21N5O3S/c1-29-18-11-10-16(13-19(18)30-2)23-14-17-9-6-12-27(17)22-26-25-21(31-22)24-20(28)15-7-4-3-5-8-15/h3-13,23H,14H2,1-2H3,(H,24,25,28). The molecule has 0 saturated carbocycles. The topological polar surface area (TPSA) is 90.3 Å². The summed E-state index contributed by atoms with van der Waals surface area (Å²) < 4.78 is 12.6. The number of benzene rings is 2. The van der Waals surface area contributed by atoms with Crippen LogP contribution in [-0.2, 0) is 6.54 Å². The highest BCUT2D eigenvalue weighted by atomic mass is 32.1. The van der Waals surface area contributed by atoms with Gasteiger partial charge in [-0.25, -0.2) is 0 Å². The van der Waals surface area contributed by atoms with E-state index in [-0.39, 0.29) is 5.91 Å². The van der Waals surface area contributed by atoms with Crippen molar-refractivity contribution in [1.29, 1.82) is 0 Å². The number of nitrogens with one attached hydrogen (secondary N) is 2. The summed E-state index contributed by atoms with van der Waals surface area (Å²) in [6, 6.07) is 18.6. The number of nitrogens with zero attached hydrogens (tertiary/aromatic N) is 3. The summed E-state index contributed by atoms with van der Waals surface area (Å²) in [5.74, 6) is 1.12. The third kappa shape index (κ3) is 4.67. The van der Waals surface area contributed by atoms with Crippen LogP contribution < -0.4 is 20.1 Å². The van der Waals surface area contributed by atoms with Crippen molar-refractivity contribution in [2.45, 2.75) is 6.54 Å². The summed E-state index contributed by atoms with van der Waals surface area (Å²) >= 11 is 1.30. The predicted molar refractivity (Wildman–Crippen MR) is 121 cm³/mol. The van der Waals surface area contributed by atoms with Crippen LogP contribution in [0.2, 0.25) is 0 Å². The van der Waals surface area contributed by atoms with Crippen LogP contribution in [0.15, 0.2) is 66.9 Å². The van der Waals surface area contributed by atoms with Crippen molar-refractivity contribution < 1.29 is 14.3 Å². The van der Waals surface area contributed by atoms with Crippen molar-refractivity contribution in [3.05, 3.63) is 78.1 Å². The van der Waals surface area contributed by atoms with E-state index in [1.54, 1.807) is 26.4 Å². The van der Waals surface area contributed by atoms with E-state index in [0.29, 0.717) is 33.9 Å². The van der Waals surface area contributed by atoms with E-state index < -0.39 is 0 Å². The van der Waals surface area contributed by atoms with E-state index in [4.69, 9.17) is 9.47 Å². The normalized spacial score (nSPS) is 10.5. The number of methoxy groups -OCH3 is 2. The van der Waals surface area contributed by atoms with Gasteiger partial charge in [-0.15, -0.1) is 10.2 Å². The molecule has 0 aliphatic rings. The van der Waals surface area contributed by atoms with E-state index in [1.165, 1.54) is 11.3 Å². The maximum absolute atomic E-state index is 12.3. The van der Waals surface area contributed by atoms with Gasteiger partial charge in [-0.3, -0.25) is 14.7 Å². The van der Waals surface area contributed by atoms with Crippen molar-refractivity contribution in [2.75, 3.05) is 24.9 Å². The largest absolute Gasteiger partial charge is 0.493 e.